The van der Waals surface area contributed by atoms with Crippen LogP contribution in [0.1, 0.15) is 34.9 Å². The number of aromatic nitrogens is 3. The predicted octanol–water partition coefficient (Wildman–Crippen LogP) is 3.08. The van der Waals surface area contributed by atoms with Crippen molar-refractivity contribution in [2.45, 2.75) is 45.5 Å². The minimum atomic E-state index is -0.152. The smallest absolute Gasteiger partial charge is 0.297 e. The van der Waals surface area contributed by atoms with Gasteiger partial charge in [0.05, 0.1) is 16.6 Å². The summed E-state index contributed by atoms with van der Waals surface area (Å²) in [7, 11) is 0. The van der Waals surface area contributed by atoms with E-state index in [0.29, 0.717) is 12.4 Å². The molecule has 0 aliphatic carbocycles. The largest absolute Gasteiger partial charge is 0.347 e. The number of aryl methyl sites for hydroxylation is 3. The summed E-state index contributed by atoms with van der Waals surface area (Å²) in [4.78, 5) is 20.2. The van der Waals surface area contributed by atoms with Gasteiger partial charge < -0.3 is 0 Å². The van der Waals surface area contributed by atoms with Crippen LogP contribution in [0.25, 0.3) is 0 Å². The van der Waals surface area contributed by atoms with E-state index in [2.05, 4.69) is 9.97 Å². The summed E-state index contributed by atoms with van der Waals surface area (Å²) in [5.41, 5.74) is 2.55. The van der Waals surface area contributed by atoms with Crippen LogP contribution < -0.4 is 5.69 Å². The van der Waals surface area contributed by atoms with E-state index in [4.69, 9.17) is 11.6 Å². The average molecular weight is 312 g/mol. The third kappa shape index (κ3) is 3.90. The van der Waals surface area contributed by atoms with Gasteiger partial charge in [-0.3, -0.25) is 4.57 Å². The highest BCUT2D eigenvalue weighted by molar-refractivity contribution is 7.09. The van der Waals surface area contributed by atoms with Crippen molar-refractivity contribution < 1.29 is 0 Å². The van der Waals surface area contributed by atoms with Crippen molar-refractivity contribution in [2.75, 3.05) is 0 Å². The molecule has 0 unspecified atom stereocenters. The minimum Gasteiger partial charge on any atom is -0.297 e. The molecule has 0 saturated heterocycles. The molecule has 2 rings (SSSR count). The first-order valence-electron chi connectivity index (χ1n) is 6.64. The van der Waals surface area contributed by atoms with E-state index in [9.17, 15) is 4.79 Å². The van der Waals surface area contributed by atoms with Gasteiger partial charge in [-0.1, -0.05) is 0 Å². The summed E-state index contributed by atoms with van der Waals surface area (Å²) >= 11 is 7.38. The lowest BCUT2D eigenvalue weighted by atomic mass is 10.2. The lowest BCUT2D eigenvalue weighted by Gasteiger charge is -2.09. The Labute approximate surface area is 127 Å². The highest BCUT2D eigenvalue weighted by Gasteiger charge is 2.04. The van der Waals surface area contributed by atoms with Crippen LogP contribution in [-0.4, -0.2) is 14.5 Å². The molecular weight excluding hydrogens is 294 g/mol. The van der Waals surface area contributed by atoms with E-state index in [1.165, 1.54) is 0 Å². The Morgan fingerprint density at radius 1 is 1.30 bits per heavy atom. The van der Waals surface area contributed by atoms with Crippen molar-refractivity contribution >= 4 is 22.9 Å². The molecule has 0 atom stereocenters. The third-order valence-corrected chi connectivity index (χ3v) is 4.34. The first-order valence-corrected chi connectivity index (χ1v) is 8.06. The number of nitrogens with zero attached hydrogens (tertiary/aromatic N) is 3. The summed E-state index contributed by atoms with van der Waals surface area (Å²) in [6.45, 7) is 4.50. The molecule has 0 spiro atoms. The molecule has 0 aliphatic rings. The van der Waals surface area contributed by atoms with Crippen LogP contribution in [0.5, 0.6) is 0 Å². The number of hydrogen-bond donors (Lipinski definition) is 0. The van der Waals surface area contributed by atoms with E-state index in [-0.39, 0.29) is 5.69 Å². The number of hydrogen-bond acceptors (Lipinski definition) is 4. The van der Waals surface area contributed by atoms with Crippen molar-refractivity contribution in [3.63, 3.8) is 0 Å². The van der Waals surface area contributed by atoms with Gasteiger partial charge in [-0.2, -0.15) is 4.98 Å². The van der Waals surface area contributed by atoms with E-state index >= 15 is 0 Å². The number of rotatable bonds is 6. The lowest BCUT2D eigenvalue weighted by molar-refractivity contribution is 0.567. The van der Waals surface area contributed by atoms with Gasteiger partial charge in [0.15, 0.2) is 0 Å². The molecule has 20 heavy (non-hydrogen) atoms. The molecule has 0 fully saturated rings. The summed E-state index contributed by atoms with van der Waals surface area (Å²) in [5.74, 6) is 0.472. The maximum absolute atomic E-state index is 11.8. The van der Waals surface area contributed by atoms with Gasteiger partial charge in [0.2, 0.25) is 0 Å². The molecule has 0 bridgehead atoms. The second-order valence-corrected chi connectivity index (χ2v) is 6.01. The number of unbranched alkanes of at least 4 members (excludes halogenated alkanes) is 1. The minimum absolute atomic E-state index is 0.152. The Morgan fingerprint density at radius 3 is 2.75 bits per heavy atom. The van der Waals surface area contributed by atoms with E-state index in [0.717, 1.165) is 41.4 Å². The van der Waals surface area contributed by atoms with Crippen molar-refractivity contribution in [3.8, 4) is 0 Å². The molecule has 0 aromatic carbocycles. The summed E-state index contributed by atoms with van der Waals surface area (Å²) in [6, 6.07) is 1.94. The Hall–Kier alpha value is -1.20. The second-order valence-electron chi connectivity index (χ2n) is 4.80. The van der Waals surface area contributed by atoms with E-state index < -0.39 is 0 Å². The van der Waals surface area contributed by atoms with Gasteiger partial charge in [0.1, 0.15) is 0 Å². The molecule has 2 aromatic rings. The summed E-state index contributed by atoms with van der Waals surface area (Å²) in [5, 5.41) is 3.12. The maximum atomic E-state index is 11.8. The van der Waals surface area contributed by atoms with Crippen LogP contribution in [-0.2, 0) is 18.8 Å². The monoisotopic (exact) mass is 311 g/mol. The van der Waals surface area contributed by atoms with Gasteiger partial charge in [0, 0.05) is 23.3 Å². The molecular formula is C14H18ClN3OS. The number of thiazole rings is 1. The highest BCUT2D eigenvalue weighted by atomic mass is 35.5. The molecule has 0 N–H and O–H groups in total. The Kier molecular flexibility index (Phi) is 5.31. The zero-order valence-electron chi connectivity index (χ0n) is 11.7. The Morgan fingerprint density at radius 2 is 2.10 bits per heavy atom. The molecule has 0 saturated carbocycles. The maximum Gasteiger partial charge on any atom is 0.347 e. The summed E-state index contributed by atoms with van der Waals surface area (Å²) in [6.07, 6.45) is 2.89. The van der Waals surface area contributed by atoms with Crippen LogP contribution in [0.3, 0.4) is 0 Å². The number of alkyl halides is 1. The average Bonchev–Trinajstić information content (AvgIpc) is 2.84. The fraction of sp³-hybridized carbons (Fsp3) is 0.500. The summed E-state index contributed by atoms with van der Waals surface area (Å²) < 4.78 is 1.74. The molecule has 0 aliphatic heterocycles. The van der Waals surface area contributed by atoms with E-state index in [1.807, 2.05) is 25.3 Å². The van der Waals surface area contributed by atoms with Crippen molar-refractivity contribution in [3.05, 3.63) is 44.0 Å². The number of halogens is 1. The first-order chi connectivity index (χ1) is 9.60. The van der Waals surface area contributed by atoms with Crippen LogP contribution in [0.2, 0.25) is 0 Å². The van der Waals surface area contributed by atoms with Gasteiger partial charge in [-0.25, -0.2) is 9.78 Å². The third-order valence-electron chi connectivity index (χ3n) is 3.11. The Balaban J connectivity index is 1.86. The second kappa shape index (κ2) is 6.99. The van der Waals surface area contributed by atoms with E-state index in [1.54, 1.807) is 15.9 Å². The van der Waals surface area contributed by atoms with Crippen LogP contribution in [0.15, 0.2) is 16.2 Å². The fourth-order valence-corrected chi connectivity index (χ4v) is 3.19. The van der Waals surface area contributed by atoms with Gasteiger partial charge in [-0.15, -0.1) is 22.9 Å². The Bertz CT molecular complexity index is 636. The molecule has 2 aromatic heterocycles. The molecule has 108 valence electrons. The molecule has 4 nitrogen and oxygen atoms in total. The van der Waals surface area contributed by atoms with Gasteiger partial charge >= 0.3 is 5.69 Å². The topological polar surface area (TPSA) is 47.8 Å². The van der Waals surface area contributed by atoms with Crippen molar-refractivity contribution in [1.29, 1.82) is 0 Å². The normalized spacial score (nSPS) is 10.9. The predicted molar refractivity (Wildman–Crippen MR) is 82.6 cm³/mol. The molecule has 0 amide bonds. The van der Waals surface area contributed by atoms with Crippen molar-refractivity contribution in [2.24, 2.45) is 0 Å². The standard InChI is InChI=1S/C14H18ClN3OS/c1-10-7-11(2)18(14(19)16-10)6-4-3-5-13-17-12(8-15)9-20-13/h7,9H,3-6,8H2,1-2H3. The highest BCUT2D eigenvalue weighted by Crippen LogP contribution is 2.14. The first kappa shape index (κ1) is 15.2. The zero-order valence-corrected chi connectivity index (χ0v) is 13.3. The van der Waals surface area contributed by atoms with Crippen LogP contribution in [0, 0.1) is 13.8 Å². The van der Waals surface area contributed by atoms with Gasteiger partial charge in [-0.05, 0) is 39.2 Å². The van der Waals surface area contributed by atoms with Crippen LogP contribution in [0.4, 0.5) is 0 Å². The van der Waals surface area contributed by atoms with Gasteiger partial charge in [0.25, 0.3) is 0 Å². The fourth-order valence-electron chi connectivity index (χ4n) is 2.12. The SMILES string of the molecule is Cc1cc(C)n(CCCCc2nc(CCl)cs2)c(=O)n1. The molecule has 2 heterocycles. The zero-order chi connectivity index (χ0) is 14.5. The lowest BCUT2D eigenvalue weighted by Crippen LogP contribution is -2.25. The molecule has 0 radical (unpaired) electrons. The van der Waals surface area contributed by atoms with Crippen molar-refractivity contribution in [1.82, 2.24) is 14.5 Å². The molecule has 6 heteroatoms. The quantitative estimate of drug-likeness (QED) is 0.608. The van der Waals surface area contributed by atoms with Crippen LogP contribution >= 0.6 is 22.9 Å².